The van der Waals surface area contributed by atoms with Gasteiger partial charge < -0.3 is 5.32 Å². The number of hydrogen-bond donors (Lipinski definition) is 3. The van der Waals surface area contributed by atoms with Crippen molar-refractivity contribution in [3.8, 4) is 0 Å². The quantitative estimate of drug-likeness (QED) is 0.596. The van der Waals surface area contributed by atoms with Gasteiger partial charge in [0.15, 0.2) is 5.11 Å². The molecule has 4 nitrogen and oxygen atoms in total. The minimum Gasteiger partial charge on any atom is -0.331 e. The van der Waals surface area contributed by atoms with Crippen molar-refractivity contribution >= 4 is 28.9 Å². The van der Waals surface area contributed by atoms with Crippen LogP contribution in [0.25, 0.3) is 0 Å². The molecule has 3 N–H and O–H groups in total. The molecular weight excluding hydrogens is 313 g/mol. The number of thiocarbonyl (C=S) groups is 1. The minimum atomic E-state index is -0.394. The molecule has 0 radical (unpaired) electrons. The number of carbonyl (C=O) groups excluding carboxylic acids is 1. The van der Waals surface area contributed by atoms with Gasteiger partial charge in [0.1, 0.15) is 5.82 Å². The molecule has 0 bridgehead atoms. The second-order valence-corrected chi connectivity index (χ2v) is 5.41. The summed E-state index contributed by atoms with van der Waals surface area (Å²) in [4.78, 5) is 11.9. The second-order valence-electron chi connectivity index (χ2n) is 5.00. The van der Waals surface area contributed by atoms with E-state index < -0.39 is 11.7 Å². The van der Waals surface area contributed by atoms with Gasteiger partial charge >= 0.3 is 0 Å². The Hall–Kier alpha value is -2.47. The van der Waals surface area contributed by atoms with Crippen molar-refractivity contribution in [1.29, 1.82) is 0 Å². The number of para-hydroxylation sites is 1. The Kier molecular flexibility index (Phi) is 5.65. The maximum Gasteiger partial charge on any atom is 0.269 e. The summed E-state index contributed by atoms with van der Waals surface area (Å²) in [5.74, 6) is -0.784. The van der Waals surface area contributed by atoms with E-state index in [-0.39, 0.29) is 5.11 Å². The summed E-state index contributed by atoms with van der Waals surface area (Å²) in [6.07, 6.45) is 0.870. The van der Waals surface area contributed by atoms with Gasteiger partial charge in [0, 0.05) is 11.3 Å². The third-order valence-electron chi connectivity index (χ3n) is 3.37. The zero-order chi connectivity index (χ0) is 16.8. The molecule has 0 saturated carbocycles. The van der Waals surface area contributed by atoms with Gasteiger partial charge in [-0.1, -0.05) is 25.1 Å². The van der Waals surface area contributed by atoms with Crippen LogP contribution in [0.3, 0.4) is 0 Å². The number of benzene rings is 2. The largest absolute Gasteiger partial charge is 0.331 e. The van der Waals surface area contributed by atoms with E-state index in [1.54, 1.807) is 0 Å². The van der Waals surface area contributed by atoms with Crippen LogP contribution in [0.4, 0.5) is 10.1 Å². The third-order valence-corrected chi connectivity index (χ3v) is 3.58. The Morgan fingerprint density at radius 3 is 2.48 bits per heavy atom. The summed E-state index contributed by atoms with van der Waals surface area (Å²) in [7, 11) is 0. The van der Waals surface area contributed by atoms with Crippen molar-refractivity contribution in [2.75, 3.05) is 5.32 Å². The van der Waals surface area contributed by atoms with Crippen LogP contribution in [0, 0.1) is 12.7 Å². The Bertz CT molecular complexity index is 716. The summed E-state index contributed by atoms with van der Waals surface area (Å²) in [6.45, 7) is 4.05. The van der Waals surface area contributed by atoms with Crippen LogP contribution >= 0.6 is 12.2 Å². The van der Waals surface area contributed by atoms with Crippen LogP contribution in [0.15, 0.2) is 42.5 Å². The SMILES string of the molecule is CCc1cccc(C)c1NC(=S)NNC(=O)c1ccc(F)cc1. The van der Waals surface area contributed by atoms with Gasteiger partial charge in [0.2, 0.25) is 0 Å². The molecule has 0 saturated heterocycles. The van der Waals surface area contributed by atoms with Gasteiger partial charge in [0.25, 0.3) is 5.91 Å². The Morgan fingerprint density at radius 1 is 1.13 bits per heavy atom. The molecule has 0 aromatic heterocycles. The van der Waals surface area contributed by atoms with Crippen molar-refractivity contribution < 1.29 is 9.18 Å². The number of rotatable bonds is 3. The second kappa shape index (κ2) is 7.69. The lowest BCUT2D eigenvalue weighted by Crippen LogP contribution is -2.43. The summed E-state index contributed by atoms with van der Waals surface area (Å²) in [5, 5.41) is 3.37. The highest BCUT2D eigenvalue weighted by atomic mass is 32.1. The molecule has 0 fully saturated rings. The lowest BCUT2D eigenvalue weighted by atomic mass is 10.1. The van der Waals surface area contributed by atoms with E-state index in [0.717, 1.165) is 23.2 Å². The van der Waals surface area contributed by atoms with E-state index in [2.05, 4.69) is 23.1 Å². The molecule has 2 aromatic carbocycles. The third kappa shape index (κ3) is 4.50. The maximum absolute atomic E-state index is 12.8. The number of hydrogen-bond acceptors (Lipinski definition) is 2. The molecule has 0 spiro atoms. The molecule has 1 amide bonds. The van der Waals surface area contributed by atoms with Crippen molar-refractivity contribution in [3.63, 3.8) is 0 Å². The molecule has 0 aliphatic rings. The predicted molar refractivity (Wildman–Crippen MR) is 93.8 cm³/mol. The highest BCUT2D eigenvalue weighted by molar-refractivity contribution is 7.80. The summed E-state index contributed by atoms with van der Waals surface area (Å²) in [6, 6.07) is 11.3. The molecule has 120 valence electrons. The van der Waals surface area contributed by atoms with Gasteiger partial charge in [-0.15, -0.1) is 0 Å². The van der Waals surface area contributed by atoms with Crippen molar-refractivity contribution in [2.45, 2.75) is 20.3 Å². The molecule has 23 heavy (non-hydrogen) atoms. The van der Waals surface area contributed by atoms with Crippen molar-refractivity contribution in [1.82, 2.24) is 10.9 Å². The number of carbonyl (C=O) groups is 1. The first kappa shape index (κ1) is 16.9. The first-order valence-corrected chi connectivity index (χ1v) is 7.63. The number of hydrazine groups is 1. The van der Waals surface area contributed by atoms with Crippen LogP contribution in [-0.2, 0) is 6.42 Å². The Labute approximate surface area is 140 Å². The molecule has 0 atom stereocenters. The van der Waals surface area contributed by atoms with E-state index in [4.69, 9.17) is 12.2 Å². The number of nitrogens with one attached hydrogen (secondary N) is 3. The van der Waals surface area contributed by atoms with Crippen LogP contribution < -0.4 is 16.2 Å². The van der Waals surface area contributed by atoms with E-state index in [1.165, 1.54) is 24.3 Å². The lowest BCUT2D eigenvalue weighted by molar-refractivity contribution is 0.0944. The van der Waals surface area contributed by atoms with Crippen LogP contribution in [0.5, 0.6) is 0 Å². The number of aryl methyl sites for hydroxylation is 2. The zero-order valence-corrected chi connectivity index (χ0v) is 13.8. The normalized spacial score (nSPS) is 10.0. The number of amides is 1. The van der Waals surface area contributed by atoms with E-state index in [9.17, 15) is 9.18 Å². The molecule has 2 rings (SSSR count). The monoisotopic (exact) mass is 331 g/mol. The summed E-state index contributed by atoms with van der Waals surface area (Å²) in [5.41, 5.74) is 8.61. The van der Waals surface area contributed by atoms with Crippen LogP contribution in [0.2, 0.25) is 0 Å². The lowest BCUT2D eigenvalue weighted by Gasteiger charge is -2.16. The average Bonchev–Trinajstić information content (AvgIpc) is 2.55. The molecule has 0 unspecified atom stereocenters. The van der Waals surface area contributed by atoms with Crippen molar-refractivity contribution in [2.24, 2.45) is 0 Å². The average molecular weight is 331 g/mol. The highest BCUT2D eigenvalue weighted by Gasteiger charge is 2.08. The zero-order valence-electron chi connectivity index (χ0n) is 12.9. The number of halogens is 1. The van der Waals surface area contributed by atoms with Crippen LogP contribution in [0.1, 0.15) is 28.4 Å². The molecular formula is C17H18FN3OS. The van der Waals surface area contributed by atoms with E-state index in [1.807, 2.05) is 25.1 Å². The van der Waals surface area contributed by atoms with Gasteiger partial charge in [0.05, 0.1) is 0 Å². The molecule has 2 aromatic rings. The smallest absolute Gasteiger partial charge is 0.269 e. The first-order valence-electron chi connectivity index (χ1n) is 7.22. The minimum absolute atomic E-state index is 0.282. The first-order chi connectivity index (χ1) is 11.0. The van der Waals surface area contributed by atoms with Crippen LogP contribution in [-0.4, -0.2) is 11.0 Å². The topological polar surface area (TPSA) is 53.2 Å². The molecule has 0 aliphatic carbocycles. The highest BCUT2D eigenvalue weighted by Crippen LogP contribution is 2.20. The fourth-order valence-electron chi connectivity index (χ4n) is 2.13. The molecule has 0 heterocycles. The maximum atomic E-state index is 12.8. The summed E-state index contributed by atoms with van der Waals surface area (Å²) >= 11 is 5.20. The van der Waals surface area contributed by atoms with Crippen molar-refractivity contribution in [3.05, 3.63) is 65.0 Å². The van der Waals surface area contributed by atoms with Gasteiger partial charge in [-0.25, -0.2) is 4.39 Å². The van der Waals surface area contributed by atoms with Gasteiger partial charge in [-0.05, 0) is 61.0 Å². The Morgan fingerprint density at radius 2 is 1.83 bits per heavy atom. The number of anilines is 1. The van der Waals surface area contributed by atoms with E-state index in [0.29, 0.717) is 5.56 Å². The fraction of sp³-hybridized carbons (Fsp3) is 0.176. The fourth-order valence-corrected chi connectivity index (χ4v) is 2.29. The van der Waals surface area contributed by atoms with Gasteiger partial charge in [-0.3, -0.25) is 15.6 Å². The molecule has 6 heteroatoms. The van der Waals surface area contributed by atoms with E-state index >= 15 is 0 Å². The van der Waals surface area contributed by atoms with Gasteiger partial charge in [-0.2, -0.15) is 0 Å². The summed E-state index contributed by atoms with van der Waals surface area (Å²) < 4.78 is 12.8. The standard InChI is InChI=1S/C17H18FN3OS/c1-3-12-6-4-5-11(2)15(12)19-17(23)21-20-16(22)13-7-9-14(18)10-8-13/h4-10H,3H2,1-2H3,(H,20,22)(H2,19,21,23). The predicted octanol–water partition coefficient (Wildman–Crippen LogP) is 3.33. The molecule has 0 aliphatic heterocycles. The Balaban J connectivity index is 1.95.